The lowest BCUT2D eigenvalue weighted by atomic mass is 9.87. The molecule has 0 aliphatic carbocycles. The average Bonchev–Trinajstić information content (AvgIpc) is 3.74. The molecule has 0 saturated heterocycles. The summed E-state index contributed by atoms with van der Waals surface area (Å²) in [6.07, 6.45) is 5.82. The first-order valence-electron chi connectivity index (χ1n) is 18.6. The van der Waals surface area contributed by atoms with Crippen LogP contribution in [0.2, 0.25) is 0 Å². The lowest BCUT2D eigenvalue weighted by molar-refractivity contribution is 0.484. The van der Waals surface area contributed by atoms with Gasteiger partial charge in [0, 0.05) is 45.6 Å². The van der Waals surface area contributed by atoms with Gasteiger partial charge >= 0.3 is 0 Å². The van der Waals surface area contributed by atoms with Crippen molar-refractivity contribution in [1.82, 2.24) is 23.9 Å². The molecule has 0 spiro atoms. The first-order valence-corrected chi connectivity index (χ1v) is 18.6. The summed E-state index contributed by atoms with van der Waals surface area (Å²) in [5, 5.41) is 4.37. The largest absolute Gasteiger partial charge is 0.457 e. The first kappa shape index (κ1) is 32.9. The molecular weight excluding hydrogens is 651 g/mol. The van der Waals surface area contributed by atoms with Gasteiger partial charge in [0.05, 0.1) is 34.0 Å². The van der Waals surface area contributed by atoms with Gasteiger partial charge in [-0.25, -0.2) is 9.97 Å². The zero-order valence-corrected chi connectivity index (χ0v) is 31.3. The predicted molar refractivity (Wildman–Crippen MR) is 219 cm³/mol. The van der Waals surface area contributed by atoms with Crippen molar-refractivity contribution in [2.75, 3.05) is 0 Å². The van der Waals surface area contributed by atoms with Gasteiger partial charge in [0.15, 0.2) is 0 Å². The van der Waals surface area contributed by atoms with Crippen LogP contribution in [0.3, 0.4) is 0 Å². The molecule has 6 nitrogen and oxygen atoms in total. The minimum Gasteiger partial charge on any atom is -0.457 e. The van der Waals surface area contributed by atoms with Crippen LogP contribution in [0, 0.1) is 0 Å². The zero-order valence-electron chi connectivity index (χ0n) is 31.3. The number of hydrogen-bond donors (Lipinski definition) is 0. The van der Waals surface area contributed by atoms with Crippen LogP contribution >= 0.6 is 0 Å². The number of aromatic nitrogens is 5. The quantitative estimate of drug-likeness (QED) is 0.163. The van der Waals surface area contributed by atoms with E-state index in [1.807, 2.05) is 30.7 Å². The maximum absolute atomic E-state index is 6.72. The van der Waals surface area contributed by atoms with Crippen LogP contribution in [0.25, 0.3) is 66.3 Å². The third kappa shape index (κ3) is 5.35. The molecule has 0 amide bonds. The van der Waals surface area contributed by atoms with Crippen molar-refractivity contribution in [3.05, 3.63) is 138 Å². The summed E-state index contributed by atoms with van der Waals surface area (Å²) >= 11 is 0. The van der Waals surface area contributed by atoms with Crippen LogP contribution in [-0.2, 0) is 5.41 Å². The number of imidazole rings is 1. The molecular formula is C47H43N5O. The predicted octanol–water partition coefficient (Wildman–Crippen LogP) is 12.5. The Kier molecular flexibility index (Phi) is 7.63. The molecule has 0 aliphatic rings. The van der Waals surface area contributed by atoms with E-state index in [2.05, 4.69) is 148 Å². The number of hydrogen-bond acceptors (Lipinski definition) is 4. The van der Waals surface area contributed by atoms with E-state index < -0.39 is 0 Å². The van der Waals surface area contributed by atoms with Crippen molar-refractivity contribution in [3.8, 4) is 28.6 Å². The second kappa shape index (κ2) is 12.3. The van der Waals surface area contributed by atoms with Gasteiger partial charge < -0.3 is 4.74 Å². The van der Waals surface area contributed by atoms with Crippen molar-refractivity contribution in [2.24, 2.45) is 0 Å². The van der Waals surface area contributed by atoms with Crippen LogP contribution in [0.5, 0.6) is 11.5 Å². The van der Waals surface area contributed by atoms with E-state index in [1.165, 1.54) is 27.6 Å². The number of rotatable bonds is 6. The Labute approximate surface area is 309 Å². The van der Waals surface area contributed by atoms with Crippen LogP contribution in [-0.4, -0.2) is 23.9 Å². The molecule has 5 heterocycles. The molecule has 0 radical (unpaired) electrons. The van der Waals surface area contributed by atoms with Gasteiger partial charge in [0.2, 0.25) is 0 Å². The summed E-state index contributed by atoms with van der Waals surface area (Å²) in [6.45, 7) is 15.8. The summed E-state index contributed by atoms with van der Waals surface area (Å²) in [5.41, 5.74) is 11.2. The fourth-order valence-corrected chi connectivity index (χ4v) is 7.98. The van der Waals surface area contributed by atoms with Crippen LogP contribution in [0.4, 0.5) is 0 Å². The Morgan fingerprint density at radius 3 is 2.04 bits per heavy atom. The summed E-state index contributed by atoms with van der Waals surface area (Å²) in [7, 11) is 0. The lowest BCUT2D eigenvalue weighted by Crippen LogP contribution is -2.12. The monoisotopic (exact) mass is 693 g/mol. The normalized spacial score (nSPS) is 12.4. The smallest absolute Gasteiger partial charge is 0.145 e. The van der Waals surface area contributed by atoms with Gasteiger partial charge in [-0.3, -0.25) is 14.0 Å². The van der Waals surface area contributed by atoms with Gasteiger partial charge in [-0.15, -0.1) is 0 Å². The van der Waals surface area contributed by atoms with E-state index in [0.29, 0.717) is 11.8 Å². The Morgan fingerprint density at radius 2 is 1.28 bits per heavy atom. The van der Waals surface area contributed by atoms with Gasteiger partial charge in [-0.1, -0.05) is 84.9 Å². The standard InChI is InChI=1S/C47H43N5O/c1-28(2)33-13-10-14-34(29(3)4)44(33)42-27-50-46-38-25-31(18-20-37(38)45-40(52(42)46)16-11-22-49-45)53-32-17-19-36-35-12-8-9-15-39(35)51(41(36)26-32)43-24-30(21-23-48-43)47(5,6)7/h8-29H,1-7H3. The number of benzene rings is 4. The van der Waals surface area contributed by atoms with Crippen LogP contribution in [0.1, 0.15) is 77.0 Å². The van der Waals surface area contributed by atoms with Gasteiger partial charge in [0.1, 0.15) is 23.0 Å². The summed E-state index contributed by atoms with van der Waals surface area (Å²) in [5.74, 6) is 3.09. The topological polar surface area (TPSA) is 57.2 Å². The zero-order chi connectivity index (χ0) is 36.6. The summed E-state index contributed by atoms with van der Waals surface area (Å²) in [4.78, 5) is 14.9. The number of para-hydroxylation sites is 1. The van der Waals surface area contributed by atoms with E-state index in [-0.39, 0.29) is 5.41 Å². The van der Waals surface area contributed by atoms with Crippen molar-refractivity contribution >= 4 is 49.3 Å². The SMILES string of the molecule is CC(C)c1cccc(C(C)C)c1-c1cnc2c3cc(Oc4ccc5c6ccccc6n(-c6cc(C(C)(C)C)ccn6)c5c4)ccc3c3ncccc3n12. The molecule has 0 unspecified atom stereocenters. The molecule has 9 rings (SSSR count). The molecule has 53 heavy (non-hydrogen) atoms. The maximum atomic E-state index is 6.72. The third-order valence-electron chi connectivity index (χ3n) is 10.6. The molecule has 0 N–H and O–H groups in total. The second-order valence-corrected chi connectivity index (χ2v) is 15.8. The highest BCUT2D eigenvalue weighted by Crippen LogP contribution is 2.41. The number of nitrogens with zero attached hydrogens (tertiary/aromatic N) is 5. The number of ether oxygens (including phenoxy) is 1. The molecule has 0 atom stereocenters. The van der Waals surface area contributed by atoms with E-state index in [0.717, 1.165) is 66.9 Å². The lowest BCUT2D eigenvalue weighted by Gasteiger charge is -2.20. The van der Waals surface area contributed by atoms with Crippen molar-refractivity contribution in [1.29, 1.82) is 0 Å². The highest BCUT2D eigenvalue weighted by molar-refractivity contribution is 6.11. The minimum atomic E-state index is -0.00277. The molecule has 6 heteroatoms. The fourth-order valence-electron chi connectivity index (χ4n) is 7.98. The van der Waals surface area contributed by atoms with Crippen LogP contribution < -0.4 is 4.74 Å². The summed E-state index contributed by atoms with van der Waals surface area (Å²) < 4.78 is 11.3. The molecule has 9 aromatic rings. The molecule has 5 aromatic heterocycles. The Bertz CT molecular complexity index is 2840. The van der Waals surface area contributed by atoms with Gasteiger partial charge in [-0.2, -0.15) is 0 Å². The fraction of sp³-hybridized carbons (Fsp3) is 0.213. The van der Waals surface area contributed by atoms with Crippen molar-refractivity contribution < 1.29 is 4.74 Å². The van der Waals surface area contributed by atoms with Gasteiger partial charge in [-0.05, 0) is 94.6 Å². The average molecular weight is 694 g/mol. The van der Waals surface area contributed by atoms with E-state index >= 15 is 0 Å². The maximum Gasteiger partial charge on any atom is 0.145 e. The van der Waals surface area contributed by atoms with Crippen LogP contribution in [0.15, 0.2) is 122 Å². The highest BCUT2D eigenvalue weighted by Gasteiger charge is 2.22. The Balaban J connectivity index is 1.22. The molecule has 0 fully saturated rings. The second-order valence-electron chi connectivity index (χ2n) is 15.8. The van der Waals surface area contributed by atoms with Crippen molar-refractivity contribution in [2.45, 2.75) is 65.7 Å². The molecule has 262 valence electrons. The molecule has 0 aliphatic heterocycles. The Morgan fingerprint density at radius 1 is 0.585 bits per heavy atom. The van der Waals surface area contributed by atoms with E-state index in [1.54, 1.807) is 0 Å². The van der Waals surface area contributed by atoms with Gasteiger partial charge in [0.25, 0.3) is 0 Å². The van der Waals surface area contributed by atoms with E-state index in [9.17, 15) is 0 Å². The highest BCUT2D eigenvalue weighted by atomic mass is 16.5. The van der Waals surface area contributed by atoms with Crippen molar-refractivity contribution in [3.63, 3.8) is 0 Å². The minimum absolute atomic E-state index is 0.00277. The molecule has 0 saturated carbocycles. The first-order chi connectivity index (χ1) is 25.6. The van der Waals surface area contributed by atoms with E-state index in [4.69, 9.17) is 19.7 Å². The molecule has 0 bridgehead atoms. The number of pyridine rings is 3. The number of fused-ring (bicyclic) bond motifs is 9. The molecule has 4 aromatic carbocycles. The third-order valence-corrected chi connectivity index (χ3v) is 10.6. The Hall–Kier alpha value is -6.01. The summed E-state index contributed by atoms with van der Waals surface area (Å²) in [6, 6.07) is 36.3.